The van der Waals surface area contributed by atoms with Gasteiger partial charge in [0.15, 0.2) is 12.4 Å². The molecule has 0 aliphatic heterocycles. The van der Waals surface area contributed by atoms with Gasteiger partial charge in [0.25, 0.3) is 0 Å². The number of hydrogen-bond acceptors (Lipinski definition) is 0. The molecule has 6 heteroatoms. The minimum Gasteiger partial charge on any atom is -0.391 e. The molecule has 0 aliphatic rings. The summed E-state index contributed by atoms with van der Waals surface area (Å²) in [5, 5.41) is 0. The van der Waals surface area contributed by atoms with Crippen molar-refractivity contribution in [3.63, 3.8) is 0 Å². The summed E-state index contributed by atoms with van der Waals surface area (Å²) in [6.45, 7) is 0. The van der Waals surface area contributed by atoms with Gasteiger partial charge in [-0.05, 0) is 0 Å². The lowest BCUT2D eigenvalue weighted by Gasteiger charge is -1.97. The van der Waals surface area contributed by atoms with E-state index < -0.39 is 9.39 Å². The third kappa shape index (κ3) is 18.1. The van der Waals surface area contributed by atoms with Crippen LogP contribution in [-0.4, -0.2) is 9.39 Å². The molecule has 62 valence electrons. The fourth-order valence-electron chi connectivity index (χ4n) is 0.342. The highest BCUT2D eigenvalue weighted by atomic mass is 35.9. The van der Waals surface area contributed by atoms with Gasteiger partial charge in [0.05, 0.1) is 0 Å². The molecule has 0 bridgehead atoms. The SMILES string of the molecule is [Cl][Al-]([Cl])([Cl])[Cl].c1cc[nH+]cc1. The molecular formula is C5H6AlCl4N. The molecule has 0 aliphatic carbocycles. The van der Waals surface area contributed by atoms with Crippen LogP contribution >= 0.6 is 40.2 Å². The zero-order chi connectivity index (χ0) is 8.74. The van der Waals surface area contributed by atoms with Gasteiger partial charge in [0, 0.05) is 12.1 Å². The Bertz CT molecular complexity index is 143. The molecule has 0 fully saturated rings. The zero-order valence-electron chi connectivity index (χ0n) is 5.48. The molecule has 1 nitrogen and oxygen atoms in total. The number of halogens is 4. The molecule has 0 radical (unpaired) electrons. The first kappa shape index (κ1) is 11.8. The van der Waals surface area contributed by atoms with Crippen LogP contribution in [-0.2, 0) is 0 Å². The van der Waals surface area contributed by atoms with Gasteiger partial charge in [0.2, 0.25) is 0 Å². The first-order valence-electron chi connectivity index (χ1n) is 2.78. The van der Waals surface area contributed by atoms with E-state index in [0.29, 0.717) is 0 Å². The van der Waals surface area contributed by atoms with Crippen molar-refractivity contribution < 1.29 is 4.98 Å². The lowest BCUT2D eigenvalue weighted by Crippen LogP contribution is -1.93. The first-order chi connectivity index (χ1) is 5.00. The maximum atomic E-state index is 4.99. The molecule has 0 unspecified atom stereocenters. The Morgan fingerprint density at radius 1 is 0.818 bits per heavy atom. The minimum absolute atomic E-state index is 1.88. The van der Waals surface area contributed by atoms with Crippen molar-refractivity contribution in [1.82, 2.24) is 0 Å². The Morgan fingerprint density at radius 3 is 1.27 bits per heavy atom. The Labute approximate surface area is 84.7 Å². The van der Waals surface area contributed by atoms with Gasteiger partial charge in [0.1, 0.15) is 0 Å². The largest absolute Gasteiger partial charge is 0.564 e. The molecule has 11 heavy (non-hydrogen) atoms. The van der Waals surface area contributed by atoms with Gasteiger partial charge in [-0.25, -0.2) is 4.98 Å². The highest BCUT2D eigenvalue weighted by Crippen LogP contribution is 2.23. The number of aromatic nitrogens is 1. The van der Waals surface area contributed by atoms with Crippen molar-refractivity contribution in [3.8, 4) is 0 Å². The van der Waals surface area contributed by atoms with Crippen molar-refractivity contribution in [1.29, 1.82) is 0 Å². The maximum absolute atomic E-state index is 4.99. The summed E-state index contributed by atoms with van der Waals surface area (Å²) in [5.41, 5.74) is 0. The molecule has 1 heterocycles. The summed E-state index contributed by atoms with van der Waals surface area (Å²) >= 11 is 0. The second kappa shape index (κ2) is 6.37. The van der Waals surface area contributed by atoms with Crippen LogP contribution in [0.3, 0.4) is 0 Å². The fourth-order valence-corrected chi connectivity index (χ4v) is 0.342. The number of nitrogens with one attached hydrogen (secondary N) is 1. The van der Waals surface area contributed by atoms with Gasteiger partial charge in [-0.15, -0.1) is 0 Å². The zero-order valence-corrected chi connectivity index (χ0v) is 9.65. The highest BCUT2D eigenvalue weighted by molar-refractivity contribution is 7.81. The maximum Gasteiger partial charge on any atom is 0.564 e. The second-order valence-electron chi connectivity index (χ2n) is 1.57. The molecule has 1 aromatic heterocycles. The van der Waals surface area contributed by atoms with Crippen LogP contribution in [0.1, 0.15) is 0 Å². The highest BCUT2D eigenvalue weighted by Gasteiger charge is 2.14. The van der Waals surface area contributed by atoms with Gasteiger partial charge >= 0.3 is 9.39 Å². The molecule has 0 amide bonds. The smallest absolute Gasteiger partial charge is 0.391 e. The van der Waals surface area contributed by atoms with Gasteiger partial charge in [-0.3, -0.25) is 0 Å². The molecule has 1 aromatic rings. The summed E-state index contributed by atoms with van der Waals surface area (Å²) in [6, 6.07) is 5.86. The Hall–Kier alpha value is 0.842. The van der Waals surface area contributed by atoms with Crippen LogP contribution in [0.25, 0.3) is 0 Å². The van der Waals surface area contributed by atoms with E-state index in [2.05, 4.69) is 4.98 Å². The summed E-state index contributed by atoms with van der Waals surface area (Å²) in [5.74, 6) is 0. The Morgan fingerprint density at radius 2 is 1.18 bits per heavy atom. The van der Waals surface area contributed by atoms with Crippen molar-refractivity contribution in [2.24, 2.45) is 0 Å². The quantitative estimate of drug-likeness (QED) is 0.627. The average molecular weight is 249 g/mol. The van der Waals surface area contributed by atoms with E-state index in [1.807, 2.05) is 30.6 Å². The van der Waals surface area contributed by atoms with Crippen LogP contribution in [0.15, 0.2) is 30.6 Å². The number of aromatic amines is 1. The lowest BCUT2D eigenvalue weighted by atomic mass is 10.5. The molecule has 0 atom stereocenters. The normalized spacial score (nSPS) is 9.82. The molecule has 1 N–H and O–H groups in total. The average Bonchev–Trinajstić information content (AvgIpc) is 1.88. The minimum atomic E-state index is -2.94. The van der Waals surface area contributed by atoms with Crippen LogP contribution in [0, 0.1) is 0 Å². The fraction of sp³-hybridized carbons (Fsp3) is 0. The second-order valence-corrected chi connectivity index (χ2v) is 14.4. The van der Waals surface area contributed by atoms with Gasteiger partial charge in [-0.1, -0.05) is 6.07 Å². The number of H-pyrrole nitrogens is 1. The van der Waals surface area contributed by atoms with Crippen molar-refractivity contribution in [2.75, 3.05) is 0 Å². The van der Waals surface area contributed by atoms with Crippen LogP contribution in [0.2, 0.25) is 0 Å². The summed E-state index contributed by atoms with van der Waals surface area (Å²) < 4.78 is 0. The van der Waals surface area contributed by atoms with Crippen molar-refractivity contribution >= 4 is 49.6 Å². The van der Waals surface area contributed by atoms with Crippen molar-refractivity contribution in [2.45, 2.75) is 0 Å². The Kier molecular flexibility index (Phi) is 6.86. The standard InChI is InChI=1S/C5H5N.Al.4ClH/c1-2-4-6-5-3-1;;;;;/h1-5H;;4*1H/q;+3;;;;/p-3. The molecule has 0 saturated carbocycles. The first-order valence-corrected chi connectivity index (χ1v) is 9.77. The van der Waals surface area contributed by atoms with E-state index in [-0.39, 0.29) is 0 Å². The van der Waals surface area contributed by atoms with E-state index in [9.17, 15) is 0 Å². The predicted octanol–water partition coefficient (Wildman–Crippen LogP) is 2.88. The summed E-state index contributed by atoms with van der Waals surface area (Å²) in [7, 11) is 17.0. The van der Waals surface area contributed by atoms with E-state index in [1.165, 1.54) is 0 Å². The van der Waals surface area contributed by atoms with Crippen LogP contribution in [0.4, 0.5) is 0 Å². The van der Waals surface area contributed by atoms with Crippen LogP contribution < -0.4 is 4.98 Å². The molecular weight excluding hydrogens is 243 g/mol. The molecule has 0 spiro atoms. The monoisotopic (exact) mass is 247 g/mol. The topological polar surface area (TPSA) is 14.1 Å². The Balaban J connectivity index is 0.000000187. The van der Waals surface area contributed by atoms with E-state index in [1.54, 1.807) is 0 Å². The number of rotatable bonds is 0. The lowest BCUT2D eigenvalue weighted by molar-refractivity contribution is -0.377. The summed E-state index contributed by atoms with van der Waals surface area (Å²) in [4.78, 5) is 2.89. The van der Waals surface area contributed by atoms with E-state index in [4.69, 9.17) is 40.2 Å². The summed E-state index contributed by atoms with van der Waals surface area (Å²) in [6.07, 6.45) is 3.75. The van der Waals surface area contributed by atoms with E-state index in [0.717, 1.165) is 0 Å². The van der Waals surface area contributed by atoms with Gasteiger partial charge < -0.3 is 40.2 Å². The third-order valence-corrected chi connectivity index (χ3v) is 0.607. The van der Waals surface area contributed by atoms with Gasteiger partial charge in [-0.2, -0.15) is 0 Å². The van der Waals surface area contributed by atoms with Crippen molar-refractivity contribution in [3.05, 3.63) is 30.6 Å². The number of hydrogen-bond donors (Lipinski definition) is 0. The predicted molar refractivity (Wildman–Crippen MR) is 52.2 cm³/mol. The van der Waals surface area contributed by atoms with E-state index >= 15 is 0 Å². The third-order valence-electron chi connectivity index (χ3n) is 0.607. The van der Waals surface area contributed by atoms with Crippen LogP contribution in [0.5, 0.6) is 0 Å². The molecule has 0 aromatic carbocycles. The number of pyridine rings is 1. The molecule has 0 saturated heterocycles. The molecule has 1 rings (SSSR count).